The van der Waals surface area contributed by atoms with E-state index < -0.39 is 29.8 Å². The predicted molar refractivity (Wildman–Crippen MR) is 122 cm³/mol. The van der Waals surface area contributed by atoms with Crippen molar-refractivity contribution in [2.24, 2.45) is 16.6 Å². The molecular formula is C22H24F3N5O3S. The highest BCUT2D eigenvalue weighted by Crippen LogP contribution is 2.66. The molecule has 1 aromatic carbocycles. The molecule has 1 aromatic heterocycles. The summed E-state index contributed by atoms with van der Waals surface area (Å²) in [6.07, 6.45) is 3.29. The number of hydrogen-bond acceptors (Lipinski definition) is 8. The van der Waals surface area contributed by atoms with Crippen LogP contribution in [0.3, 0.4) is 0 Å². The van der Waals surface area contributed by atoms with Crippen LogP contribution in [0.1, 0.15) is 35.8 Å². The van der Waals surface area contributed by atoms with Crippen LogP contribution < -0.4 is 15.8 Å². The van der Waals surface area contributed by atoms with Gasteiger partial charge >= 0.3 is 0 Å². The fourth-order valence-corrected chi connectivity index (χ4v) is 5.74. The monoisotopic (exact) mass is 495 g/mol. The Kier molecular flexibility index (Phi) is 6.72. The molecule has 0 bridgehead atoms. The number of nitrogens with zero attached hydrogens (tertiary/aromatic N) is 3. The summed E-state index contributed by atoms with van der Waals surface area (Å²) in [6.45, 7) is 1.72. The van der Waals surface area contributed by atoms with Crippen molar-refractivity contribution < 1.29 is 27.4 Å². The second kappa shape index (κ2) is 9.41. The van der Waals surface area contributed by atoms with Crippen molar-refractivity contribution in [3.8, 4) is 5.88 Å². The number of ether oxygens (including phenoxy) is 2. The zero-order valence-electron chi connectivity index (χ0n) is 18.6. The number of nitrogens with two attached hydrogens (primary N) is 1. The van der Waals surface area contributed by atoms with Gasteiger partial charge in [0.15, 0.2) is 16.8 Å². The Morgan fingerprint density at radius 2 is 2.12 bits per heavy atom. The number of amides is 1. The predicted octanol–water partition coefficient (Wildman–Crippen LogP) is 3.43. The van der Waals surface area contributed by atoms with Crippen LogP contribution in [-0.2, 0) is 10.3 Å². The van der Waals surface area contributed by atoms with Gasteiger partial charge in [0.25, 0.3) is 5.91 Å². The standard InChI is InChI=1S/C22H24F3N5O3S/c1-21(16-8-22(16,11-32-2)34-20(26)30-21)13-6-12(7-14(24)18(13)25)29-19(31)15-9-28-17(10-27-15)33-5-3-4-23/h6-7,9-10,16H,3-5,8,11H2,1-2H3,(H2,26,30)(H,29,31)/t16-,21+,22+/m0/s1. The van der Waals surface area contributed by atoms with E-state index in [2.05, 4.69) is 20.3 Å². The Labute approximate surface area is 198 Å². The van der Waals surface area contributed by atoms with Gasteiger partial charge in [-0.25, -0.2) is 18.7 Å². The van der Waals surface area contributed by atoms with E-state index in [1.54, 1.807) is 14.0 Å². The van der Waals surface area contributed by atoms with Crippen LogP contribution in [-0.4, -0.2) is 52.8 Å². The maximum atomic E-state index is 15.0. The summed E-state index contributed by atoms with van der Waals surface area (Å²) < 4.78 is 51.9. The summed E-state index contributed by atoms with van der Waals surface area (Å²) in [4.78, 5) is 25.0. The minimum Gasteiger partial charge on any atom is -0.476 e. The van der Waals surface area contributed by atoms with E-state index in [1.807, 2.05) is 0 Å². The molecule has 3 N–H and O–H groups in total. The highest BCUT2D eigenvalue weighted by Gasteiger charge is 2.66. The normalized spacial score (nSPS) is 25.3. The summed E-state index contributed by atoms with van der Waals surface area (Å²) >= 11 is 1.39. The summed E-state index contributed by atoms with van der Waals surface area (Å²) in [7, 11) is 1.58. The lowest BCUT2D eigenvalue weighted by atomic mass is 9.85. The Bertz CT molecular complexity index is 1120. The molecule has 2 aromatic rings. The summed E-state index contributed by atoms with van der Waals surface area (Å²) in [5.41, 5.74) is 4.89. The van der Waals surface area contributed by atoms with Gasteiger partial charge in [-0.3, -0.25) is 14.2 Å². The van der Waals surface area contributed by atoms with Crippen molar-refractivity contribution in [1.82, 2.24) is 9.97 Å². The van der Waals surface area contributed by atoms with Crippen LogP contribution in [0.4, 0.5) is 18.9 Å². The molecule has 0 saturated heterocycles. The molecule has 1 saturated carbocycles. The first-order valence-corrected chi connectivity index (χ1v) is 11.4. The van der Waals surface area contributed by atoms with Crippen molar-refractivity contribution in [3.05, 3.63) is 47.4 Å². The van der Waals surface area contributed by atoms with Gasteiger partial charge < -0.3 is 20.5 Å². The number of benzene rings is 1. The quantitative estimate of drug-likeness (QED) is 0.513. The maximum absolute atomic E-state index is 15.0. The fourth-order valence-electron chi connectivity index (χ4n) is 4.29. The first-order chi connectivity index (χ1) is 16.2. The molecule has 1 aliphatic carbocycles. The van der Waals surface area contributed by atoms with Crippen molar-refractivity contribution >= 4 is 28.5 Å². The number of rotatable bonds is 9. The smallest absolute Gasteiger partial charge is 0.275 e. The fraction of sp³-hybridized carbons (Fsp3) is 0.455. The van der Waals surface area contributed by atoms with Gasteiger partial charge in [0.1, 0.15) is 5.69 Å². The van der Waals surface area contributed by atoms with E-state index in [1.165, 1.54) is 30.2 Å². The minimum atomic E-state index is -1.13. The summed E-state index contributed by atoms with van der Waals surface area (Å²) in [5.74, 6) is -2.82. The van der Waals surface area contributed by atoms with Crippen molar-refractivity contribution in [1.29, 1.82) is 0 Å². The number of fused-ring (bicyclic) bond motifs is 1. The second-order valence-electron chi connectivity index (χ2n) is 8.36. The van der Waals surface area contributed by atoms with Crippen LogP contribution in [0.15, 0.2) is 29.5 Å². The summed E-state index contributed by atoms with van der Waals surface area (Å²) in [5, 5.41) is 2.79. The first-order valence-electron chi connectivity index (χ1n) is 10.6. The number of anilines is 1. The zero-order chi connectivity index (χ0) is 24.5. The summed E-state index contributed by atoms with van der Waals surface area (Å²) in [6, 6.07) is 2.25. The molecule has 0 spiro atoms. The van der Waals surface area contributed by atoms with E-state index in [4.69, 9.17) is 15.2 Å². The maximum Gasteiger partial charge on any atom is 0.275 e. The van der Waals surface area contributed by atoms with Crippen molar-refractivity contribution in [2.75, 3.05) is 32.3 Å². The van der Waals surface area contributed by atoms with Crippen LogP contribution in [0.5, 0.6) is 5.88 Å². The van der Waals surface area contributed by atoms with E-state index in [0.717, 1.165) is 6.07 Å². The molecular weight excluding hydrogens is 471 g/mol. The largest absolute Gasteiger partial charge is 0.476 e. The molecule has 12 heteroatoms. The third-order valence-corrected chi connectivity index (χ3v) is 7.24. The van der Waals surface area contributed by atoms with Gasteiger partial charge in [0.05, 0.1) is 42.6 Å². The van der Waals surface area contributed by atoms with Crippen LogP contribution in [0.2, 0.25) is 0 Å². The van der Waals surface area contributed by atoms with Crippen molar-refractivity contribution in [3.63, 3.8) is 0 Å². The van der Waals surface area contributed by atoms with Gasteiger partial charge in [-0.15, -0.1) is 0 Å². The molecule has 8 nitrogen and oxygen atoms in total. The Balaban J connectivity index is 1.57. The lowest BCUT2D eigenvalue weighted by molar-refractivity contribution is 0.102. The third kappa shape index (κ3) is 4.56. The highest BCUT2D eigenvalue weighted by molar-refractivity contribution is 8.15. The number of hydrogen-bond donors (Lipinski definition) is 2. The molecule has 182 valence electrons. The first kappa shape index (κ1) is 24.3. The number of carbonyl (C=O) groups is 1. The molecule has 1 fully saturated rings. The molecule has 0 radical (unpaired) electrons. The van der Waals surface area contributed by atoms with E-state index in [9.17, 15) is 18.0 Å². The van der Waals surface area contributed by atoms with Crippen LogP contribution in [0.25, 0.3) is 0 Å². The van der Waals surface area contributed by atoms with E-state index in [-0.39, 0.29) is 51.7 Å². The molecule has 3 atom stereocenters. The number of carbonyl (C=O) groups excluding carboxylic acids is 1. The van der Waals surface area contributed by atoms with E-state index in [0.29, 0.717) is 13.0 Å². The number of amidine groups is 1. The van der Waals surface area contributed by atoms with E-state index >= 15 is 0 Å². The second-order valence-corrected chi connectivity index (χ2v) is 9.79. The van der Waals surface area contributed by atoms with Gasteiger partial charge in [-0.05, 0) is 19.4 Å². The Hall–Kier alpha value is -2.86. The average Bonchev–Trinajstić information content (AvgIpc) is 3.51. The van der Waals surface area contributed by atoms with Crippen molar-refractivity contribution in [2.45, 2.75) is 30.1 Å². The SMILES string of the molecule is COC[C@]12C[C@H]1[C@@](C)(c1cc(NC(=O)c3cnc(OCCCF)cn3)cc(F)c1F)N=C(N)S2. The lowest BCUT2D eigenvalue weighted by Gasteiger charge is -2.34. The number of aliphatic imine (C=N–C) groups is 1. The minimum absolute atomic E-state index is 0.00303. The zero-order valence-corrected chi connectivity index (χ0v) is 19.4. The number of aromatic nitrogens is 2. The number of thioether (sulfide) groups is 1. The molecule has 34 heavy (non-hydrogen) atoms. The van der Waals surface area contributed by atoms with Gasteiger partial charge in [0, 0.05) is 36.8 Å². The number of methoxy groups -OCH3 is 1. The molecule has 2 aliphatic rings. The number of nitrogens with one attached hydrogen (secondary N) is 1. The van der Waals surface area contributed by atoms with Crippen LogP contribution in [0, 0.1) is 17.6 Å². The number of alkyl halides is 1. The topological polar surface area (TPSA) is 112 Å². The molecule has 2 heterocycles. The van der Waals surface area contributed by atoms with Gasteiger partial charge in [-0.2, -0.15) is 0 Å². The Morgan fingerprint density at radius 3 is 2.79 bits per heavy atom. The Morgan fingerprint density at radius 1 is 1.32 bits per heavy atom. The third-order valence-electron chi connectivity index (χ3n) is 5.96. The number of halogens is 3. The molecule has 1 aliphatic heterocycles. The van der Waals surface area contributed by atoms with Crippen LogP contribution >= 0.6 is 11.8 Å². The average molecular weight is 496 g/mol. The molecule has 0 unspecified atom stereocenters. The lowest BCUT2D eigenvalue weighted by Crippen LogP contribution is -2.38. The van der Waals surface area contributed by atoms with Gasteiger partial charge in [0.2, 0.25) is 5.88 Å². The molecule has 4 rings (SSSR count). The molecule has 1 amide bonds. The van der Waals surface area contributed by atoms with Gasteiger partial charge in [-0.1, -0.05) is 11.8 Å². The highest BCUT2D eigenvalue weighted by atomic mass is 32.2.